The van der Waals surface area contributed by atoms with Gasteiger partial charge in [-0.3, -0.25) is 10.8 Å². The number of benzene rings is 1. The third kappa shape index (κ3) is 4.18. The molecule has 4 N–H and O–H groups in total. The van der Waals surface area contributed by atoms with Crippen molar-refractivity contribution in [2.75, 3.05) is 11.9 Å². The Bertz CT molecular complexity index is 703. The molecule has 0 bridgehead atoms. The van der Waals surface area contributed by atoms with E-state index in [1.165, 1.54) is 4.68 Å². The SMILES string of the molecule is CC(C)CNc1ccc(=N)n(C(=N)Cc2ccc(O)cc2)n1. The lowest BCUT2D eigenvalue weighted by molar-refractivity contribution is 0.475. The van der Waals surface area contributed by atoms with Gasteiger partial charge in [0.25, 0.3) is 0 Å². The predicted molar refractivity (Wildman–Crippen MR) is 86.3 cm³/mol. The average molecular weight is 299 g/mol. The molecule has 0 aliphatic heterocycles. The third-order valence-corrected chi connectivity index (χ3v) is 3.09. The number of nitrogens with zero attached hydrogens (tertiary/aromatic N) is 2. The van der Waals surface area contributed by atoms with Crippen LogP contribution in [0.5, 0.6) is 5.75 Å². The van der Waals surface area contributed by atoms with Crippen LogP contribution in [-0.4, -0.2) is 27.3 Å². The summed E-state index contributed by atoms with van der Waals surface area (Å²) < 4.78 is 1.31. The lowest BCUT2D eigenvalue weighted by Gasteiger charge is -2.12. The number of hydrogen-bond donors (Lipinski definition) is 4. The van der Waals surface area contributed by atoms with E-state index in [0.29, 0.717) is 18.2 Å². The zero-order valence-electron chi connectivity index (χ0n) is 12.8. The van der Waals surface area contributed by atoms with Crippen molar-refractivity contribution >= 4 is 11.7 Å². The second kappa shape index (κ2) is 6.89. The van der Waals surface area contributed by atoms with Gasteiger partial charge in [0, 0.05) is 13.0 Å². The molecule has 0 saturated carbocycles. The molecule has 22 heavy (non-hydrogen) atoms. The largest absolute Gasteiger partial charge is 0.508 e. The second-order valence-corrected chi connectivity index (χ2v) is 5.58. The molecule has 6 heteroatoms. The van der Waals surface area contributed by atoms with E-state index >= 15 is 0 Å². The van der Waals surface area contributed by atoms with Crippen LogP contribution < -0.4 is 10.8 Å². The fraction of sp³-hybridized carbons (Fsp3) is 0.312. The minimum atomic E-state index is 0.166. The molecule has 0 radical (unpaired) electrons. The average Bonchev–Trinajstić information content (AvgIpc) is 2.48. The lowest BCUT2D eigenvalue weighted by Crippen LogP contribution is -2.30. The minimum absolute atomic E-state index is 0.166. The van der Waals surface area contributed by atoms with Crippen LogP contribution in [0, 0.1) is 16.7 Å². The number of anilines is 1. The molecule has 0 amide bonds. The molecule has 116 valence electrons. The monoisotopic (exact) mass is 299 g/mol. The highest BCUT2D eigenvalue weighted by atomic mass is 16.3. The van der Waals surface area contributed by atoms with Gasteiger partial charge in [-0.25, -0.2) is 0 Å². The summed E-state index contributed by atoms with van der Waals surface area (Å²) in [6.45, 7) is 5.00. The maximum absolute atomic E-state index is 9.28. The highest BCUT2D eigenvalue weighted by molar-refractivity contribution is 5.82. The highest BCUT2D eigenvalue weighted by Gasteiger charge is 2.06. The zero-order valence-corrected chi connectivity index (χ0v) is 12.8. The van der Waals surface area contributed by atoms with Crippen LogP contribution in [0.3, 0.4) is 0 Å². The first-order valence-electron chi connectivity index (χ1n) is 7.20. The number of phenols is 1. The van der Waals surface area contributed by atoms with Crippen molar-refractivity contribution in [3.05, 3.63) is 47.4 Å². The molecule has 0 unspecified atom stereocenters. The maximum atomic E-state index is 9.28. The Hall–Kier alpha value is -2.63. The van der Waals surface area contributed by atoms with E-state index in [1.807, 2.05) is 0 Å². The third-order valence-electron chi connectivity index (χ3n) is 3.09. The summed E-state index contributed by atoms with van der Waals surface area (Å²) in [7, 11) is 0. The molecule has 1 heterocycles. The highest BCUT2D eigenvalue weighted by Crippen LogP contribution is 2.10. The van der Waals surface area contributed by atoms with Crippen molar-refractivity contribution in [3.8, 4) is 5.75 Å². The predicted octanol–water partition coefficient (Wildman–Crippen LogP) is 2.20. The van der Waals surface area contributed by atoms with Gasteiger partial charge in [-0.15, -0.1) is 5.10 Å². The molecule has 1 aromatic heterocycles. The van der Waals surface area contributed by atoms with Crippen LogP contribution in [0.4, 0.5) is 5.82 Å². The van der Waals surface area contributed by atoms with Crippen LogP contribution in [-0.2, 0) is 6.42 Å². The molecule has 0 spiro atoms. The summed E-state index contributed by atoms with van der Waals surface area (Å²) in [6.07, 6.45) is 0.345. The van der Waals surface area contributed by atoms with E-state index in [9.17, 15) is 5.11 Å². The van der Waals surface area contributed by atoms with Gasteiger partial charge in [-0.1, -0.05) is 26.0 Å². The smallest absolute Gasteiger partial charge is 0.148 e. The molecule has 0 saturated heterocycles. The summed E-state index contributed by atoms with van der Waals surface area (Å²) in [6, 6.07) is 10.1. The Labute approximate surface area is 129 Å². The van der Waals surface area contributed by atoms with Gasteiger partial charge in [-0.2, -0.15) is 4.68 Å². The van der Waals surface area contributed by atoms with Crippen molar-refractivity contribution in [1.29, 1.82) is 10.8 Å². The van der Waals surface area contributed by atoms with E-state index < -0.39 is 0 Å². The number of hydrogen-bond acceptors (Lipinski definition) is 5. The van der Waals surface area contributed by atoms with Crippen molar-refractivity contribution in [1.82, 2.24) is 9.78 Å². The Kier molecular flexibility index (Phi) is 4.93. The molecule has 0 aliphatic carbocycles. The fourth-order valence-electron chi connectivity index (χ4n) is 1.91. The topological polar surface area (TPSA) is 97.8 Å². The number of phenolic OH excluding ortho intramolecular Hbond substituents is 1. The minimum Gasteiger partial charge on any atom is -0.508 e. The first-order valence-corrected chi connectivity index (χ1v) is 7.20. The maximum Gasteiger partial charge on any atom is 0.148 e. The van der Waals surface area contributed by atoms with Crippen molar-refractivity contribution in [2.24, 2.45) is 5.92 Å². The summed E-state index contributed by atoms with van der Waals surface area (Å²) in [5.41, 5.74) is 1.05. The lowest BCUT2D eigenvalue weighted by atomic mass is 10.1. The van der Waals surface area contributed by atoms with E-state index in [-0.39, 0.29) is 17.1 Å². The fourth-order valence-corrected chi connectivity index (χ4v) is 1.91. The van der Waals surface area contributed by atoms with Crippen molar-refractivity contribution in [2.45, 2.75) is 20.3 Å². The van der Waals surface area contributed by atoms with E-state index in [4.69, 9.17) is 10.8 Å². The van der Waals surface area contributed by atoms with Crippen LogP contribution in [0.2, 0.25) is 0 Å². The van der Waals surface area contributed by atoms with Crippen LogP contribution in [0.15, 0.2) is 36.4 Å². The Morgan fingerprint density at radius 1 is 1.23 bits per heavy atom. The Morgan fingerprint density at radius 2 is 1.91 bits per heavy atom. The van der Waals surface area contributed by atoms with Crippen molar-refractivity contribution in [3.63, 3.8) is 0 Å². The van der Waals surface area contributed by atoms with Crippen LogP contribution in [0.1, 0.15) is 19.4 Å². The molecule has 2 rings (SSSR count). The van der Waals surface area contributed by atoms with Gasteiger partial charge in [0.15, 0.2) is 0 Å². The number of rotatable bonds is 5. The zero-order chi connectivity index (χ0) is 16.1. The molecular formula is C16H21N5O. The molecule has 1 aromatic carbocycles. The summed E-state index contributed by atoms with van der Waals surface area (Å²) in [5, 5.41) is 32.8. The normalized spacial score (nSPS) is 10.7. The summed E-state index contributed by atoms with van der Waals surface area (Å²) in [4.78, 5) is 0. The Morgan fingerprint density at radius 3 is 2.55 bits per heavy atom. The Balaban J connectivity index is 2.16. The number of aromatic nitrogens is 2. The quantitative estimate of drug-likeness (QED) is 0.503. The number of aromatic hydroxyl groups is 1. The molecule has 0 atom stereocenters. The molecule has 0 aliphatic rings. The number of nitrogens with one attached hydrogen (secondary N) is 3. The molecule has 0 fully saturated rings. The second-order valence-electron chi connectivity index (χ2n) is 5.58. The molecule has 2 aromatic rings. The standard InChI is InChI=1S/C16H21N5O/c1-11(2)10-19-16-8-7-14(17)21(20-16)15(18)9-12-3-5-13(22)6-4-12/h3-8,11,17-18,22H,9-10H2,1-2H3,(H,19,20). The van der Waals surface area contributed by atoms with Gasteiger partial charge in [0.1, 0.15) is 22.9 Å². The first kappa shape index (κ1) is 15.8. The van der Waals surface area contributed by atoms with Gasteiger partial charge in [0.05, 0.1) is 0 Å². The van der Waals surface area contributed by atoms with Gasteiger partial charge in [0.2, 0.25) is 0 Å². The van der Waals surface area contributed by atoms with E-state index in [0.717, 1.165) is 12.1 Å². The first-order chi connectivity index (χ1) is 10.5. The summed E-state index contributed by atoms with van der Waals surface area (Å²) >= 11 is 0. The van der Waals surface area contributed by atoms with Gasteiger partial charge >= 0.3 is 0 Å². The van der Waals surface area contributed by atoms with Gasteiger partial charge in [-0.05, 0) is 35.7 Å². The van der Waals surface area contributed by atoms with Crippen molar-refractivity contribution < 1.29 is 5.11 Å². The summed E-state index contributed by atoms with van der Waals surface area (Å²) in [5.74, 6) is 1.55. The van der Waals surface area contributed by atoms with E-state index in [2.05, 4.69) is 24.3 Å². The van der Waals surface area contributed by atoms with Crippen LogP contribution in [0.25, 0.3) is 0 Å². The molecule has 6 nitrogen and oxygen atoms in total. The van der Waals surface area contributed by atoms with Gasteiger partial charge < -0.3 is 10.4 Å². The molecular weight excluding hydrogens is 278 g/mol. The van der Waals surface area contributed by atoms with E-state index in [1.54, 1.807) is 36.4 Å². The van der Waals surface area contributed by atoms with Crippen LogP contribution >= 0.6 is 0 Å².